The van der Waals surface area contributed by atoms with E-state index in [2.05, 4.69) is 63.4 Å². The highest BCUT2D eigenvalue weighted by Gasteiger charge is 2.39. The molecule has 1 nitrogen and oxygen atoms in total. The van der Waals surface area contributed by atoms with Crippen LogP contribution in [-0.2, 0) is 0 Å². The van der Waals surface area contributed by atoms with Crippen LogP contribution in [0.25, 0.3) is 5.57 Å². The Balaban J connectivity index is 1.59. The topological polar surface area (TPSA) is 12.0 Å². The van der Waals surface area contributed by atoms with E-state index in [4.69, 9.17) is 0 Å². The van der Waals surface area contributed by atoms with Gasteiger partial charge < -0.3 is 5.32 Å². The summed E-state index contributed by atoms with van der Waals surface area (Å²) in [4.78, 5) is 0. The molecule has 0 aromatic heterocycles. The molecule has 1 N–H and O–H groups in total. The Morgan fingerprint density at radius 3 is 2.38 bits per heavy atom. The smallest absolute Gasteiger partial charge is 0.0143 e. The maximum atomic E-state index is 3.74. The van der Waals surface area contributed by atoms with Crippen molar-refractivity contribution in [3.05, 3.63) is 41.5 Å². The fourth-order valence-corrected chi connectivity index (χ4v) is 6.12. The molecule has 1 unspecified atom stereocenters. The number of hydrogen-bond acceptors (Lipinski definition) is 1. The van der Waals surface area contributed by atoms with E-state index in [-0.39, 0.29) is 0 Å². The minimum Gasteiger partial charge on any atom is -0.310 e. The lowest BCUT2D eigenvalue weighted by Crippen LogP contribution is -2.34. The molecule has 26 heavy (non-hydrogen) atoms. The van der Waals surface area contributed by atoms with Gasteiger partial charge in [0.2, 0.25) is 0 Å². The minimum absolute atomic E-state index is 0.441. The van der Waals surface area contributed by atoms with Crippen LogP contribution < -0.4 is 5.32 Å². The van der Waals surface area contributed by atoms with Crippen LogP contribution in [0.1, 0.15) is 89.7 Å². The molecule has 1 aliphatic heterocycles. The van der Waals surface area contributed by atoms with Crippen LogP contribution in [0.5, 0.6) is 0 Å². The summed E-state index contributed by atoms with van der Waals surface area (Å²) in [6, 6.07) is 10.0. The van der Waals surface area contributed by atoms with Gasteiger partial charge in [-0.3, -0.25) is 0 Å². The third kappa shape index (κ3) is 4.25. The summed E-state index contributed by atoms with van der Waals surface area (Å²) < 4.78 is 0. The van der Waals surface area contributed by atoms with Crippen molar-refractivity contribution < 1.29 is 0 Å². The first-order valence-electron chi connectivity index (χ1n) is 10.8. The highest BCUT2D eigenvalue weighted by Crippen LogP contribution is 2.52. The van der Waals surface area contributed by atoms with Crippen molar-refractivity contribution >= 4 is 5.57 Å². The van der Waals surface area contributed by atoms with Crippen molar-refractivity contribution in [3.63, 3.8) is 0 Å². The van der Waals surface area contributed by atoms with Gasteiger partial charge in [0.25, 0.3) is 0 Å². The van der Waals surface area contributed by atoms with Gasteiger partial charge in [-0.1, -0.05) is 70.9 Å². The van der Waals surface area contributed by atoms with Gasteiger partial charge in [0, 0.05) is 12.6 Å². The van der Waals surface area contributed by atoms with Gasteiger partial charge in [-0.25, -0.2) is 0 Å². The Kier molecular flexibility index (Phi) is 4.80. The van der Waals surface area contributed by atoms with Gasteiger partial charge in [0.1, 0.15) is 0 Å². The van der Waals surface area contributed by atoms with Gasteiger partial charge in [-0.2, -0.15) is 0 Å². The summed E-state index contributed by atoms with van der Waals surface area (Å²) in [6.07, 6.45) is 12.0. The predicted molar refractivity (Wildman–Crippen MR) is 112 cm³/mol. The second kappa shape index (κ2) is 6.82. The van der Waals surface area contributed by atoms with Crippen LogP contribution in [0, 0.1) is 16.7 Å². The normalized spacial score (nSPS) is 28.6. The third-order valence-electron chi connectivity index (χ3n) is 6.84. The molecule has 1 aromatic carbocycles. The Morgan fingerprint density at radius 1 is 1.00 bits per heavy atom. The second-order valence-electron chi connectivity index (χ2n) is 10.9. The molecule has 2 fully saturated rings. The maximum absolute atomic E-state index is 3.74. The molecule has 2 aliphatic carbocycles. The number of nitrogens with one attached hydrogen (secondary N) is 1. The van der Waals surface area contributed by atoms with Crippen LogP contribution in [-0.4, -0.2) is 12.6 Å². The fourth-order valence-electron chi connectivity index (χ4n) is 6.12. The van der Waals surface area contributed by atoms with E-state index in [1.54, 1.807) is 16.7 Å². The van der Waals surface area contributed by atoms with Crippen LogP contribution in [0.15, 0.2) is 30.3 Å². The summed E-state index contributed by atoms with van der Waals surface area (Å²) in [5, 5.41) is 3.74. The quantitative estimate of drug-likeness (QED) is 0.648. The standard InChI is InChI=1S/C25H37N/c1-24(2)15-20(16-25(3,4)17-24)23-8-6-5-7-22(23)19-11-12-26-21(14-19)13-18-9-10-18/h5-8,11,18,20-21,26H,9-10,12-17H2,1-4H3. The molecule has 0 saturated heterocycles. The summed E-state index contributed by atoms with van der Waals surface area (Å²) >= 11 is 0. The average Bonchev–Trinajstić information content (AvgIpc) is 3.36. The maximum Gasteiger partial charge on any atom is 0.0143 e. The van der Waals surface area contributed by atoms with E-state index >= 15 is 0 Å². The minimum atomic E-state index is 0.441. The van der Waals surface area contributed by atoms with Crippen LogP contribution in [0.4, 0.5) is 0 Å². The fraction of sp³-hybridized carbons (Fsp3) is 0.680. The second-order valence-corrected chi connectivity index (χ2v) is 10.9. The van der Waals surface area contributed by atoms with Crippen molar-refractivity contribution in [3.8, 4) is 0 Å². The Bertz CT molecular complexity index is 661. The molecule has 0 spiro atoms. The van der Waals surface area contributed by atoms with Crippen molar-refractivity contribution in [1.29, 1.82) is 0 Å². The zero-order valence-electron chi connectivity index (χ0n) is 17.3. The summed E-state index contributed by atoms with van der Waals surface area (Å²) in [6.45, 7) is 10.9. The highest BCUT2D eigenvalue weighted by molar-refractivity contribution is 5.70. The van der Waals surface area contributed by atoms with E-state index < -0.39 is 0 Å². The average molecular weight is 352 g/mol. The summed E-state index contributed by atoms with van der Waals surface area (Å²) in [7, 11) is 0. The van der Waals surface area contributed by atoms with E-state index in [1.165, 1.54) is 44.9 Å². The number of rotatable bonds is 4. The Labute approximate surface area is 160 Å². The van der Waals surface area contributed by atoms with E-state index in [0.29, 0.717) is 22.8 Å². The van der Waals surface area contributed by atoms with Crippen molar-refractivity contribution in [2.75, 3.05) is 6.54 Å². The number of benzene rings is 1. The molecule has 1 heteroatoms. The zero-order valence-corrected chi connectivity index (χ0v) is 17.3. The van der Waals surface area contributed by atoms with Gasteiger partial charge in [-0.15, -0.1) is 0 Å². The Morgan fingerprint density at radius 2 is 1.69 bits per heavy atom. The van der Waals surface area contributed by atoms with Gasteiger partial charge in [-0.05, 0) is 71.5 Å². The molecule has 0 radical (unpaired) electrons. The Hall–Kier alpha value is -1.08. The SMILES string of the molecule is CC1(C)CC(c2ccccc2C2=CCNC(CC3CC3)C2)CC(C)(C)C1. The van der Waals surface area contributed by atoms with Crippen molar-refractivity contribution in [2.45, 2.75) is 84.6 Å². The van der Waals surface area contributed by atoms with E-state index in [1.807, 2.05) is 0 Å². The summed E-state index contributed by atoms with van der Waals surface area (Å²) in [5.74, 6) is 1.70. The van der Waals surface area contributed by atoms with Crippen molar-refractivity contribution in [2.24, 2.45) is 16.7 Å². The molecule has 3 aliphatic rings. The largest absolute Gasteiger partial charge is 0.310 e. The lowest BCUT2D eigenvalue weighted by molar-refractivity contribution is 0.0968. The molecule has 142 valence electrons. The van der Waals surface area contributed by atoms with Crippen molar-refractivity contribution in [1.82, 2.24) is 5.32 Å². The molecular weight excluding hydrogens is 314 g/mol. The van der Waals surface area contributed by atoms with Gasteiger partial charge in [0.15, 0.2) is 0 Å². The van der Waals surface area contributed by atoms with E-state index in [0.717, 1.165) is 12.5 Å². The van der Waals surface area contributed by atoms with Crippen LogP contribution in [0.2, 0.25) is 0 Å². The number of hydrogen-bond donors (Lipinski definition) is 1. The summed E-state index contributed by atoms with van der Waals surface area (Å²) in [5.41, 5.74) is 5.65. The van der Waals surface area contributed by atoms with Crippen LogP contribution >= 0.6 is 0 Å². The molecule has 0 bridgehead atoms. The monoisotopic (exact) mass is 351 g/mol. The molecule has 0 amide bonds. The third-order valence-corrected chi connectivity index (χ3v) is 6.84. The predicted octanol–water partition coefficient (Wildman–Crippen LogP) is 6.55. The molecule has 1 atom stereocenters. The zero-order chi connectivity index (χ0) is 18.4. The molecule has 1 aromatic rings. The lowest BCUT2D eigenvalue weighted by atomic mass is 9.59. The first-order valence-corrected chi connectivity index (χ1v) is 10.8. The van der Waals surface area contributed by atoms with Crippen LogP contribution in [0.3, 0.4) is 0 Å². The van der Waals surface area contributed by atoms with Gasteiger partial charge in [0.05, 0.1) is 0 Å². The van der Waals surface area contributed by atoms with E-state index in [9.17, 15) is 0 Å². The molecule has 1 heterocycles. The van der Waals surface area contributed by atoms with Gasteiger partial charge >= 0.3 is 0 Å². The first kappa shape index (κ1) is 18.3. The molecule has 2 saturated carbocycles. The molecule has 4 rings (SSSR count). The highest BCUT2D eigenvalue weighted by atomic mass is 14.9. The lowest BCUT2D eigenvalue weighted by Gasteiger charge is -2.45. The first-order chi connectivity index (χ1) is 12.3. The molecular formula is C25H37N.